The number of aromatic amines is 1. The van der Waals surface area contributed by atoms with Gasteiger partial charge < -0.3 is 14.2 Å². The fourth-order valence-electron chi connectivity index (χ4n) is 2.81. The van der Waals surface area contributed by atoms with Crippen molar-refractivity contribution in [2.45, 2.75) is 19.3 Å². The number of carbonyl (C=O) groups excluding carboxylic acids is 1. The van der Waals surface area contributed by atoms with Crippen molar-refractivity contribution in [1.29, 1.82) is 0 Å². The SMILES string of the molecule is Cc1ccoc1C(=O)N1CCC(c2cc(=O)[nH]c(N(C)C)n2)C1. The number of furan rings is 1. The third kappa shape index (κ3) is 2.99. The molecule has 1 amide bonds. The molecule has 7 nitrogen and oxygen atoms in total. The van der Waals surface area contributed by atoms with Crippen LogP contribution in [0.4, 0.5) is 5.95 Å². The predicted molar refractivity (Wildman–Crippen MR) is 85.9 cm³/mol. The highest BCUT2D eigenvalue weighted by atomic mass is 16.3. The van der Waals surface area contributed by atoms with Gasteiger partial charge in [0.2, 0.25) is 5.95 Å². The molecule has 0 radical (unpaired) electrons. The van der Waals surface area contributed by atoms with E-state index >= 15 is 0 Å². The fraction of sp³-hybridized carbons (Fsp3) is 0.438. The summed E-state index contributed by atoms with van der Waals surface area (Å²) in [4.78, 5) is 35.0. The molecule has 3 rings (SSSR count). The molecule has 1 fully saturated rings. The molecular weight excluding hydrogens is 296 g/mol. The van der Waals surface area contributed by atoms with Crippen molar-refractivity contribution in [1.82, 2.24) is 14.9 Å². The number of hydrogen-bond donors (Lipinski definition) is 1. The maximum atomic E-state index is 12.5. The minimum absolute atomic E-state index is 0.0650. The first-order valence-electron chi connectivity index (χ1n) is 7.57. The van der Waals surface area contributed by atoms with Crippen LogP contribution < -0.4 is 10.5 Å². The summed E-state index contributed by atoms with van der Waals surface area (Å²) in [6.45, 7) is 3.03. The number of rotatable bonds is 3. The lowest BCUT2D eigenvalue weighted by Gasteiger charge is -2.16. The van der Waals surface area contributed by atoms with Crippen LogP contribution in [-0.2, 0) is 0 Å². The molecule has 1 N–H and O–H groups in total. The highest BCUT2D eigenvalue weighted by Crippen LogP contribution is 2.27. The fourth-order valence-corrected chi connectivity index (χ4v) is 2.81. The molecule has 1 saturated heterocycles. The van der Waals surface area contributed by atoms with Gasteiger partial charge in [0, 0.05) is 44.7 Å². The quantitative estimate of drug-likeness (QED) is 0.924. The van der Waals surface area contributed by atoms with Gasteiger partial charge in [-0.1, -0.05) is 0 Å². The molecule has 1 unspecified atom stereocenters. The van der Waals surface area contributed by atoms with E-state index in [1.54, 1.807) is 15.9 Å². The number of likely N-dealkylation sites (tertiary alicyclic amines) is 1. The summed E-state index contributed by atoms with van der Waals surface area (Å²) in [7, 11) is 3.65. The molecule has 2 aromatic heterocycles. The topological polar surface area (TPSA) is 82.4 Å². The number of aromatic nitrogens is 2. The predicted octanol–water partition coefficient (Wildman–Crippen LogP) is 1.37. The van der Waals surface area contributed by atoms with Gasteiger partial charge in [-0.25, -0.2) is 4.98 Å². The molecule has 23 heavy (non-hydrogen) atoms. The van der Waals surface area contributed by atoms with E-state index in [0.29, 0.717) is 24.8 Å². The minimum Gasteiger partial charge on any atom is -0.459 e. The Balaban J connectivity index is 1.79. The maximum Gasteiger partial charge on any atom is 0.289 e. The van der Waals surface area contributed by atoms with Crippen LogP contribution in [0.1, 0.15) is 34.2 Å². The molecule has 0 saturated carbocycles. The summed E-state index contributed by atoms with van der Waals surface area (Å²) in [5, 5.41) is 0. The Labute approximate surface area is 133 Å². The van der Waals surface area contributed by atoms with E-state index in [1.807, 2.05) is 21.0 Å². The van der Waals surface area contributed by atoms with Crippen molar-refractivity contribution in [3.05, 3.63) is 45.8 Å². The molecule has 0 spiro atoms. The van der Waals surface area contributed by atoms with Crippen LogP contribution in [0.5, 0.6) is 0 Å². The minimum atomic E-state index is -0.176. The van der Waals surface area contributed by atoms with E-state index in [0.717, 1.165) is 17.7 Å². The Morgan fingerprint density at radius 1 is 1.48 bits per heavy atom. The van der Waals surface area contributed by atoms with Gasteiger partial charge in [-0.3, -0.25) is 14.6 Å². The monoisotopic (exact) mass is 316 g/mol. The van der Waals surface area contributed by atoms with Crippen LogP contribution in [0, 0.1) is 6.92 Å². The van der Waals surface area contributed by atoms with Crippen molar-refractivity contribution in [2.75, 3.05) is 32.1 Å². The van der Waals surface area contributed by atoms with Crippen LogP contribution >= 0.6 is 0 Å². The number of carbonyl (C=O) groups is 1. The van der Waals surface area contributed by atoms with Crippen LogP contribution in [-0.4, -0.2) is 48.0 Å². The van der Waals surface area contributed by atoms with Gasteiger partial charge in [0.1, 0.15) is 0 Å². The largest absolute Gasteiger partial charge is 0.459 e. The summed E-state index contributed by atoms with van der Waals surface area (Å²) in [6, 6.07) is 3.30. The zero-order valence-corrected chi connectivity index (χ0v) is 13.5. The third-order valence-corrected chi connectivity index (χ3v) is 4.12. The Morgan fingerprint density at radius 3 is 2.91 bits per heavy atom. The summed E-state index contributed by atoms with van der Waals surface area (Å²) in [5.41, 5.74) is 1.39. The number of hydrogen-bond acceptors (Lipinski definition) is 5. The average molecular weight is 316 g/mol. The lowest BCUT2D eigenvalue weighted by Crippen LogP contribution is -2.29. The van der Waals surface area contributed by atoms with E-state index in [9.17, 15) is 9.59 Å². The summed E-state index contributed by atoms with van der Waals surface area (Å²) < 4.78 is 5.28. The number of nitrogens with one attached hydrogen (secondary N) is 1. The standard InChI is InChI=1S/C16H20N4O3/c1-10-5-7-23-14(10)15(22)20-6-4-11(9-20)12-8-13(21)18-16(17-12)19(2)3/h5,7-8,11H,4,6,9H2,1-3H3,(H,17,18,21). The zero-order valence-electron chi connectivity index (χ0n) is 13.5. The molecule has 7 heteroatoms. The summed E-state index contributed by atoms with van der Waals surface area (Å²) >= 11 is 0. The van der Waals surface area contributed by atoms with Gasteiger partial charge in [0.25, 0.3) is 11.5 Å². The molecule has 1 aliphatic heterocycles. The van der Waals surface area contributed by atoms with Crippen molar-refractivity contribution < 1.29 is 9.21 Å². The molecule has 3 heterocycles. The molecule has 122 valence electrons. The van der Waals surface area contributed by atoms with Crippen molar-refractivity contribution >= 4 is 11.9 Å². The lowest BCUT2D eigenvalue weighted by molar-refractivity contribution is 0.0758. The van der Waals surface area contributed by atoms with Crippen LogP contribution in [0.2, 0.25) is 0 Å². The molecule has 0 aliphatic carbocycles. The van der Waals surface area contributed by atoms with Gasteiger partial charge in [0.15, 0.2) is 5.76 Å². The van der Waals surface area contributed by atoms with Crippen LogP contribution in [0.25, 0.3) is 0 Å². The van der Waals surface area contributed by atoms with Gasteiger partial charge in [-0.05, 0) is 19.4 Å². The van der Waals surface area contributed by atoms with E-state index in [4.69, 9.17) is 4.42 Å². The second kappa shape index (κ2) is 5.91. The third-order valence-electron chi connectivity index (χ3n) is 4.12. The van der Waals surface area contributed by atoms with E-state index in [2.05, 4.69) is 9.97 Å². The van der Waals surface area contributed by atoms with Crippen LogP contribution in [0.3, 0.4) is 0 Å². The second-order valence-electron chi connectivity index (χ2n) is 6.06. The van der Waals surface area contributed by atoms with Crippen molar-refractivity contribution in [3.63, 3.8) is 0 Å². The Morgan fingerprint density at radius 2 is 2.26 bits per heavy atom. The first kappa shape index (κ1) is 15.3. The van der Waals surface area contributed by atoms with Gasteiger partial charge >= 0.3 is 0 Å². The van der Waals surface area contributed by atoms with Gasteiger partial charge in [-0.2, -0.15) is 0 Å². The van der Waals surface area contributed by atoms with Gasteiger partial charge in [-0.15, -0.1) is 0 Å². The molecular formula is C16H20N4O3. The molecule has 0 bridgehead atoms. The van der Waals surface area contributed by atoms with Crippen LogP contribution in [0.15, 0.2) is 27.6 Å². The Bertz CT molecular complexity index is 778. The van der Waals surface area contributed by atoms with E-state index < -0.39 is 0 Å². The average Bonchev–Trinajstić information content (AvgIpc) is 3.14. The number of H-pyrrole nitrogens is 1. The lowest BCUT2D eigenvalue weighted by atomic mass is 10.1. The summed E-state index contributed by atoms with van der Waals surface area (Å²) in [5.74, 6) is 0.876. The first-order valence-corrected chi connectivity index (χ1v) is 7.57. The molecule has 0 aromatic carbocycles. The highest BCUT2D eigenvalue weighted by Gasteiger charge is 2.31. The van der Waals surface area contributed by atoms with Gasteiger partial charge in [0.05, 0.1) is 12.0 Å². The Kier molecular flexibility index (Phi) is 3.94. The highest BCUT2D eigenvalue weighted by molar-refractivity contribution is 5.93. The number of anilines is 1. The van der Waals surface area contributed by atoms with Crippen molar-refractivity contribution in [3.8, 4) is 0 Å². The first-order chi connectivity index (χ1) is 11.0. The summed E-state index contributed by atoms with van der Waals surface area (Å²) in [6.07, 6.45) is 2.31. The zero-order chi connectivity index (χ0) is 16.6. The number of amides is 1. The number of nitrogens with zero attached hydrogens (tertiary/aromatic N) is 3. The van der Waals surface area contributed by atoms with E-state index in [1.165, 1.54) is 12.3 Å². The van der Waals surface area contributed by atoms with E-state index in [-0.39, 0.29) is 17.4 Å². The molecule has 1 aliphatic rings. The Hall–Kier alpha value is -2.57. The molecule has 1 atom stereocenters. The molecule has 2 aromatic rings. The maximum absolute atomic E-state index is 12.5. The second-order valence-corrected chi connectivity index (χ2v) is 6.06. The smallest absolute Gasteiger partial charge is 0.289 e. The van der Waals surface area contributed by atoms with Crippen molar-refractivity contribution in [2.24, 2.45) is 0 Å². The normalized spacial score (nSPS) is 17.5. The number of aryl methyl sites for hydroxylation is 1.